The molecule has 5 nitrogen and oxygen atoms in total. The number of carbonyl (C=O) groups is 1. The summed E-state index contributed by atoms with van der Waals surface area (Å²) in [6.45, 7) is 8.21. The molecule has 36 heavy (non-hydrogen) atoms. The van der Waals surface area contributed by atoms with E-state index in [9.17, 15) is 9.18 Å². The molecule has 2 unspecified atom stereocenters. The highest BCUT2D eigenvalue weighted by molar-refractivity contribution is 7.97. The summed E-state index contributed by atoms with van der Waals surface area (Å²) in [5.74, 6) is 1.03. The van der Waals surface area contributed by atoms with Crippen molar-refractivity contribution in [1.82, 2.24) is 14.5 Å². The number of rotatable bonds is 14. The first-order chi connectivity index (χ1) is 17.4. The Morgan fingerprint density at radius 1 is 1.31 bits per heavy atom. The lowest BCUT2D eigenvalue weighted by Crippen LogP contribution is -2.30. The lowest BCUT2D eigenvalue weighted by Gasteiger charge is -2.21. The van der Waals surface area contributed by atoms with Crippen molar-refractivity contribution in [2.45, 2.75) is 51.1 Å². The van der Waals surface area contributed by atoms with Gasteiger partial charge in [0, 0.05) is 37.0 Å². The molecule has 1 amide bonds. The second-order valence-corrected chi connectivity index (χ2v) is 10.5. The van der Waals surface area contributed by atoms with E-state index in [0.29, 0.717) is 24.0 Å². The number of carbonyl (C=O) groups excluding carboxylic acids is 1. The Balaban J connectivity index is 1.33. The van der Waals surface area contributed by atoms with Crippen LogP contribution >= 0.6 is 11.9 Å². The Hall–Kier alpha value is -2.35. The Kier molecular flexibility index (Phi) is 11.3. The number of hydrogen-bond donors (Lipinski definition) is 1. The van der Waals surface area contributed by atoms with Gasteiger partial charge in [-0.05, 0) is 75.5 Å². The highest BCUT2D eigenvalue weighted by Crippen LogP contribution is 2.25. The van der Waals surface area contributed by atoms with E-state index < -0.39 is 0 Å². The van der Waals surface area contributed by atoms with Crippen molar-refractivity contribution in [2.75, 3.05) is 39.5 Å². The fraction of sp³-hybridized carbons (Fsp3) is 0.483. The first kappa shape index (κ1) is 28.2. The largest absolute Gasteiger partial charge is 0.489 e. The summed E-state index contributed by atoms with van der Waals surface area (Å²) in [7, 11) is 3.95. The topological polar surface area (TPSA) is 44.8 Å². The van der Waals surface area contributed by atoms with Crippen molar-refractivity contribution in [2.24, 2.45) is 0 Å². The molecule has 0 bridgehead atoms. The van der Waals surface area contributed by atoms with Crippen LogP contribution in [0.2, 0.25) is 0 Å². The van der Waals surface area contributed by atoms with Gasteiger partial charge in [-0.15, -0.1) is 0 Å². The summed E-state index contributed by atoms with van der Waals surface area (Å²) < 4.78 is 23.6. The van der Waals surface area contributed by atoms with Crippen LogP contribution in [0.1, 0.15) is 66.6 Å². The van der Waals surface area contributed by atoms with E-state index in [1.165, 1.54) is 12.5 Å². The van der Waals surface area contributed by atoms with E-state index in [0.717, 1.165) is 55.7 Å². The zero-order valence-electron chi connectivity index (χ0n) is 21.8. The molecule has 2 aromatic carbocycles. The number of amides is 1. The van der Waals surface area contributed by atoms with Crippen LogP contribution < -0.4 is 9.46 Å². The smallest absolute Gasteiger partial charge is 0.254 e. The highest BCUT2D eigenvalue weighted by atomic mass is 32.2. The van der Waals surface area contributed by atoms with Crippen molar-refractivity contribution in [3.05, 3.63) is 71.6 Å². The number of ether oxygens (including phenoxy) is 1. The predicted molar refractivity (Wildman–Crippen MR) is 149 cm³/mol. The Labute approximate surface area is 220 Å². The van der Waals surface area contributed by atoms with E-state index in [-0.39, 0.29) is 17.8 Å². The minimum atomic E-state index is -0.310. The molecule has 3 rings (SSSR count). The molecule has 1 saturated heterocycles. The van der Waals surface area contributed by atoms with Gasteiger partial charge >= 0.3 is 0 Å². The zero-order valence-corrected chi connectivity index (χ0v) is 22.7. The van der Waals surface area contributed by atoms with Gasteiger partial charge in [0.2, 0.25) is 0 Å². The number of benzene rings is 2. The van der Waals surface area contributed by atoms with Gasteiger partial charge in [-0.25, -0.2) is 4.39 Å². The second-order valence-electron chi connectivity index (χ2n) is 9.54. The van der Waals surface area contributed by atoms with Crippen LogP contribution in [0.25, 0.3) is 6.08 Å². The molecule has 0 radical (unpaired) electrons. The van der Waals surface area contributed by atoms with Crippen molar-refractivity contribution < 1.29 is 13.9 Å². The Morgan fingerprint density at radius 3 is 2.86 bits per heavy atom. The van der Waals surface area contributed by atoms with E-state index in [4.69, 9.17) is 4.74 Å². The number of likely N-dealkylation sites (tertiary alicyclic amines) is 1. The first-order valence-corrected chi connectivity index (χ1v) is 13.9. The quantitative estimate of drug-likeness (QED) is 0.241. The van der Waals surface area contributed by atoms with Crippen LogP contribution in [0, 0.1) is 5.82 Å². The van der Waals surface area contributed by atoms with Crippen LogP contribution in [-0.4, -0.2) is 61.3 Å². The lowest BCUT2D eigenvalue weighted by atomic mass is 10.1. The molecule has 1 N–H and O–H groups in total. The molecule has 1 fully saturated rings. The lowest BCUT2D eigenvalue weighted by molar-refractivity contribution is 0.0792. The summed E-state index contributed by atoms with van der Waals surface area (Å²) in [4.78, 5) is 16.8. The number of nitrogens with one attached hydrogen (secondary N) is 1. The number of halogens is 1. The third kappa shape index (κ3) is 8.08. The first-order valence-electron chi connectivity index (χ1n) is 12.9. The average molecular weight is 514 g/mol. The van der Waals surface area contributed by atoms with Gasteiger partial charge in [0.05, 0.1) is 0 Å². The molecule has 0 aromatic heterocycles. The molecule has 7 heteroatoms. The van der Waals surface area contributed by atoms with Crippen LogP contribution in [0.5, 0.6) is 5.75 Å². The van der Waals surface area contributed by atoms with Crippen molar-refractivity contribution in [3.63, 3.8) is 0 Å². The molecule has 1 aliphatic rings. The van der Waals surface area contributed by atoms with Crippen molar-refractivity contribution >= 4 is 23.9 Å². The summed E-state index contributed by atoms with van der Waals surface area (Å²) in [5, 5.41) is 0. The third-order valence-electron chi connectivity index (χ3n) is 6.82. The molecule has 0 spiro atoms. The Bertz CT molecular complexity index is 1000. The number of nitrogens with zero attached hydrogens (tertiary/aromatic N) is 2. The van der Waals surface area contributed by atoms with E-state index in [1.807, 2.05) is 43.4 Å². The summed E-state index contributed by atoms with van der Waals surface area (Å²) >= 11 is 1.68. The van der Waals surface area contributed by atoms with Crippen LogP contribution in [0.3, 0.4) is 0 Å². The minimum Gasteiger partial charge on any atom is -0.489 e. The molecule has 1 aliphatic heterocycles. The van der Waals surface area contributed by atoms with Gasteiger partial charge in [0.15, 0.2) is 11.6 Å². The van der Waals surface area contributed by atoms with Crippen molar-refractivity contribution in [1.29, 1.82) is 0 Å². The van der Waals surface area contributed by atoms with Gasteiger partial charge in [0.1, 0.15) is 6.61 Å². The molecule has 1 heterocycles. The summed E-state index contributed by atoms with van der Waals surface area (Å²) in [6, 6.07) is 13.1. The van der Waals surface area contributed by atoms with E-state index in [1.54, 1.807) is 22.9 Å². The van der Waals surface area contributed by atoms with E-state index >= 15 is 0 Å². The molecule has 0 saturated carbocycles. The number of likely N-dealkylation sites (N-methyl/N-ethyl adjacent to an activating group) is 1. The van der Waals surface area contributed by atoms with Gasteiger partial charge in [0.25, 0.3) is 5.91 Å². The zero-order chi connectivity index (χ0) is 25.9. The third-order valence-corrected chi connectivity index (χ3v) is 7.83. The summed E-state index contributed by atoms with van der Waals surface area (Å²) in [5.41, 5.74) is 2.58. The molecule has 196 valence electrons. The monoisotopic (exact) mass is 513 g/mol. The van der Waals surface area contributed by atoms with E-state index in [2.05, 4.69) is 30.2 Å². The maximum absolute atomic E-state index is 14.3. The minimum absolute atomic E-state index is 0.0354. The molecule has 0 aliphatic carbocycles. The highest BCUT2D eigenvalue weighted by Gasteiger charge is 2.22. The fourth-order valence-electron chi connectivity index (χ4n) is 4.40. The molecular weight excluding hydrogens is 473 g/mol. The van der Waals surface area contributed by atoms with Gasteiger partial charge in [-0.1, -0.05) is 55.3 Å². The molecule has 2 aromatic rings. The average Bonchev–Trinajstić information content (AvgIpc) is 3.31. The van der Waals surface area contributed by atoms with Gasteiger partial charge in [-0.2, -0.15) is 0 Å². The molecule has 2 atom stereocenters. The number of unbranched alkanes of at least 4 members (excludes halogenated alkanes) is 2. The fourth-order valence-corrected chi connectivity index (χ4v) is 5.26. The Morgan fingerprint density at radius 2 is 2.11 bits per heavy atom. The maximum Gasteiger partial charge on any atom is 0.254 e. The second kappa shape index (κ2) is 14.4. The van der Waals surface area contributed by atoms with Gasteiger partial charge < -0.3 is 14.5 Å². The number of hydrogen-bond acceptors (Lipinski definition) is 5. The molecular formula is C29H40FN3O2S. The maximum atomic E-state index is 14.3. The predicted octanol–water partition coefficient (Wildman–Crippen LogP) is 6.18. The normalized spacial score (nSPS) is 16.6. The van der Waals surface area contributed by atoms with Crippen LogP contribution in [-0.2, 0) is 0 Å². The van der Waals surface area contributed by atoms with Crippen LogP contribution in [0.4, 0.5) is 4.39 Å². The SMILES string of the molecule is C=Cc1ccccc1C(=O)N(C)CCCCCSNC(C)c1ccc(F)c(OCC2CCCN2C)c1. The van der Waals surface area contributed by atoms with Crippen molar-refractivity contribution in [3.8, 4) is 5.75 Å². The summed E-state index contributed by atoms with van der Waals surface area (Å²) in [6.07, 6.45) is 7.06. The van der Waals surface area contributed by atoms with Gasteiger partial charge in [-0.3, -0.25) is 9.52 Å². The standard InChI is InChI=1S/C29H40FN3O2S/c1-5-23-12-7-8-14-26(23)29(34)33(4)17-9-6-10-19-36-31-22(2)24-15-16-27(30)28(20-24)35-21-25-13-11-18-32(25)3/h5,7-8,12,14-16,20,22,25,31H,1,6,9-11,13,17-19,21H2,2-4H3. The van der Waals surface area contributed by atoms with Crippen LogP contribution in [0.15, 0.2) is 49.0 Å².